The number of likely N-dealkylation sites (N-methyl/N-ethyl adjacent to an activating group) is 1. The zero-order valence-electron chi connectivity index (χ0n) is 18.4. The molecule has 3 aromatic rings. The Morgan fingerprint density at radius 1 is 1.00 bits per heavy atom. The number of fused-ring (bicyclic) bond motifs is 1. The number of anilines is 1. The largest absolute Gasteiger partial charge is 0.489 e. The average Bonchev–Trinajstić information content (AvgIpc) is 2.79. The summed E-state index contributed by atoms with van der Waals surface area (Å²) in [5.41, 5.74) is -1.22. The molecule has 1 N–H and O–H groups in total. The molecule has 3 aromatic carbocycles. The maximum atomic E-state index is 13.1. The standard InChI is InChI=1S/C23H23F3N2O5S/c1-28(34(30,31)19-9-7-16-5-3-4-6-17(16)13-19)15-22(29)27-20-14-18(23(24,25)26)8-10-21(20)33-12-11-32-2/h3-10,13-14H,11-12,15H2,1-2H3,(H,27,29). The topological polar surface area (TPSA) is 84.9 Å². The van der Waals surface area contributed by atoms with Crippen LogP contribution in [0.15, 0.2) is 65.6 Å². The van der Waals surface area contributed by atoms with E-state index in [0.29, 0.717) is 5.39 Å². The predicted molar refractivity (Wildman–Crippen MR) is 121 cm³/mol. The Bertz CT molecular complexity index is 1280. The Morgan fingerprint density at radius 3 is 2.38 bits per heavy atom. The number of amides is 1. The number of carbonyl (C=O) groups excluding carboxylic acids is 1. The summed E-state index contributed by atoms with van der Waals surface area (Å²) in [5, 5.41) is 3.89. The number of alkyl halides is 3. The summed E-state index contributed by atoms with van der Waals surface area (Å²) in [6.45, 7) is -0.398. The molecule has 0 aliphatic heterocycles. The molecule has 0 bridgehead atoms. The van der Waals surface area contributed by atoms with Gasteiger partial charge in [-0.1, -0.05) is 30.3 Å². The molecule has 0 saturated carbocycles. The van der Waals surface area contributed by atoms with Gasteiger partial charge in [-0.3, -0.25) is 4.79 Å². The molecule has 7 nitrogen and oxygen atoms in total. The van der Waals surface area contributed by atoms with Crippen LogP contribution in [0.4, 0.5) is 18.9 Å². The van der Waals surface area contributed by atoms with Crippen LogP contribution in [0, 0.1) is 0 Å². The third-order valence-corrected chi connectivity index (χ3v) is 6.72. The zero-order chi connectivity index (χ0) is 24.9. The van der Waals surface area contributed by atoms with Crippen molar-refractivity contribution in [3.63, 3.8) is 0 Å². The molecule has 0 atom stereocenters. The van der Waals surface area contributed by atoms with E-state index in [1.54, 1.807) is 18.2 Å². The van der Waals surface area contributed by atoms with Crippen molar-refractivity contribution < 1.29 is 35.9 Å². The minimum atomic E-state index is -4.64. The molecule has 182 valence electrons. The highest BCUT2D eigenvalue weighted by molar-refractivity contribution is 7.89. The van der Waals surface area contributed by atoms with E-state index < -0.39 is 34.2 Å². The summed E-state index contributed by atoms with van der Waals surface area (Å²) in [4.78, 5) is 12.6. The van der Waals surface area contributed by atoms with E-state index in [9.17, 15) is 26.4 Å². The minimum absolute atomic E-state index is 0.00144. The van der Waals surface area contributed by atoms with Gasteiger partial charge in [0.25, 0.3) is 0 Å². The highest BCUT2D eigenvalue weighted by Gasteiger charge is 2.31. The first-order valence-electron chi connectivity index (χ1n) is 10.1. The zero-order valence-corrected chi connectivity index (χ0v) is 19.2. The minimum Gasteiger partial charge on any atom is -0.489 e. The van der Waals surface area contributed by atoms with Gasteiger partial charge in [0.15, 0.2) is 0 Å². The number of ether oxygens (including phenoxy) is 2. The Hall–Kier alpha value is -3.15. The normalized spacial score (nSPS) is 12.2. The number of nitrogens with one attached hydrogen (secondary N) is 1. The van der Waals surface area contributed by atoms with Crippen molar-refractivity contribution in [2.75, 3.05) is 39.2 Å². The molecule has 0 heterocycles. The molecule has 0 fully saturated rings. The second kappa shape index (κ2) is 10.4. The van der Waals surface area contributed by atoms with E-state index >= 15 is 0 Å². The van der Waals surface area contributed by atoms with Crippen LogP contribution in [0.25, 0.3) is 10.8 Å². The van der Waals surface area contributed by atoms with Gasteiger partial charge < -0.3 is 14.8 Å². The second-order valence-corrected chi connectivity index (χ2v) is 9.41. The fourth-order valence-corrected chi connectivity index (χ4v) is 4.31. The fourth-order valence-electron chi connectivity index (χ4n) is 3.15. The molecular formula is C23H23F3N2O5S. The molecule has 0 spiro atoms. The monoisotopic (exact) mass is 496 g/mol. The fraction of sp³-hybridized carbons (Fsp3) is 0.261. The maximum absolute atomic E-state index is 13.1. The first-order chi connectivity index (χ1) is 16.0. The van der Waals surface area contributed by atoms with Crippen molar-refractivity contribution in [2.45, 2.75) is 11.1 Å². The SMILES string of the molecule is COCCOc1ccc(C(F)(F)F)cc1NC(=O)CN(C)S(=O)(=O)c1ccc2ccccc2c1. The molecule has 1 amide bonds. The molecule has 3 rings (SSSR count). The lowest BCUT2D eigenvalue weighted by molar-refractivity contribution is -0.137. The second-order valence-electron chi connectivity index (χ2n) is 7.37. The summed E-state index contributed by atoms with van der Waals surface area (Å²) < 4.78 is 76.4. The molecule has 0 aromatic heterocycles. The van der Waals surface area contributed by atoms with E-state index in [1.807, 2.05) is 12.1 Å². The number of methoxy groups -OCH3 is 1. The summed E-state index contributed by atoms with van der Waals surface area (Å²) in [6, 6.07) is 14.4. The molecule has 0 saturated heterocycles. The van der Waals surface area contributed by atoms with Crippen molar-refractivity contribution >= 4 is 32.4 Å². The van der Waals surface area contributed by atoms with Gasteiger partial charge in [0.2, 0.25) is 15.9 Å². The van der Waals surface area contributed by atoms with Crippen molar-refractivity contribution in [1.29, 1.82) is 0 Å². The molecule has 0 aliphatic rings. The quantitative estimate of drug-likeness (QED) is 0.450. The van der Waals surface area contributed by atoms with Crippen LogP contribution in [-0.4, -0.2) is 52.5 Å². The van der Waals surface area contributed by atoms with Crippen LogP contribution in [0.5, 0.6) is 5.75 Å². The predicted octanol–water partition coefficient (Wildman–Crippen LogP) is 4.14. The number of carbonyl (C=O) groups is 1. The number of nitrogens with zero attached hydrogens (tertiary/aromatic N) is 1. The molecule has 11 heteroatoms. The van der Waals surface area contributed by atoms with Gasteiger partial charge in [0, 0.05) is 14.2 Å². The van der Waals surface area contributed by atoms with Gasteiger partial charge in [0.1, 0.15) is 12.4 Å². The average molecular weight is 497 g/mol. The van der Waals surface area contributed by atoms with Crippen LogP contribution in [0.3, 0.4) is 0 Å². The smallest absolute Gasteiger partial charge is 0.416 e. The Morgan fingerprint density at radius 2 is 1.71 bits per heavy atom. The van der Waals surface area contributed by atoms with E-state index in [0.717, 1.165) is 27.9 Å². The lowest BCUT2D eigenvalue weighted by Gasteiger charge is -2.19. The van der Waals surface area contributed by atoms with Gasteiger partial charge in [-0.05, 0) is 41.1 Å². The lowest BCUT2D eigenvalue weighted by atomic mass is 10.1. The summed E-state index contributed by atoms with van der Waals surface area (Å²) >= 11 is 0. The van der Waals surface area contributed by atoms with E-state index in [2.05, 4.69) is 5.32 Å². The van der Waals surface area contributed by atoms with Crippen LogP contribution < -0.4 is 10.1 Å². The van der Waals surface area contributed by atoms with Crippen LogP contribution in [0.2, 0.25) is 0 Å². The van der Waals surface area contributed by atoms with Crippen LogP contribution in [-0.2, 0) is 25.7 Å². The Balaban J connectivity index is 1.79. The highest BCUT2D eigenvalue weighted by Crippen LogP contribution is 2.35. The van der Waals surface area contributed by atoms with Crippen molar-refractivity contribution in [2.24, 2.45) is 0 Å². The number of hydrogen-bond acceptors (Lipinski definition) is 5. The summed E-state index contributed by atoms with van der Waals surface area (Å²) in [7, 11) is -1.38. The Labute approximate surface area is 195 Å². The van der Waals surface area contributed by atoms with Gasteiger partial charge in [-0.15, -0.1) is 0 Å². The molecule has 0 aliphatic carbocycles. The maximum Gasteiger partial charge on any atom is 0.416 e. The highest BCUT2D eigenvalue weighted by atomic mass is 32.2. The molecule has 34 heavy (non-hydrogen) atoms. The lowest BCUT2D eigenvalue weighted by Crippen LogP contribution is -2.35. The first-order valence-corrected chi connectivity index (χ1v) is 11.5. The van der Waals surface area contributed by atoms with Gasteiger partial charge >= 0.3 is 6.18 Å². The number of benzene rings is 3. The molecule has 0 unspecified atom stereocenters. The van der Waals surface area contributed by atoms with E-state index in [4.69, 9.17) is 9.47 Å². The van der Waals surface area contributed by atoms with Gasteiger partial charge in [0.05, 0.1) is 29.3 Å². The molecule has 0 radical (unpaired) electrons. The Kier molecular flexibility index (Phi) is 7.80. The third-order valence-electron chi connectivity index (χ3n) is 4.92. The van der Waals surface area contributed by atoms with Gasteiger partial charge in [-0.2, -0.15) is 17.5 Å². The molecular weight excluding hydrogens is 473 g/mol. The number of hydrogen-bond donors (Lipinski definition) is 1. The third kappa shape index (κ3) is 6.04. The van der Waals surface area contributed by atoms with E-state index in [-0.39, 0.29) is 29.5 Å². The van der Waals surface area contributed by atoms with E-state index in [1.165, 1.54) is 26.3 Å². The summed E-state index contributed by atoms with van der Waals surface area (Å²) in [5.74, 6) is -0.832. The van der Waals surface area contributed by atoms with Crippen molar-refractivity contribution in [3.8, 4) is 5.75 Å². The van der Waals surface area contributed by atoms with Crippen molar-refractivity contribution in [3.05, 3.63) is 66.2 Å². The summed E-state index contributed by atoms with van der Waals surface area (Å²) in [6.07, 6.45) is -4.64. The first kappa shape index (κ1) is 25.5. The van der Waals surface area contributed by atoms with Crippen molar-refractivity contribution in [1.82, 2.24) is 4.31 Å². The van der Waals surface area contributed by atoms with Crippen LogP contribution >= 0.6 is 0 Å². The number of sulfonamides is 1. The van der Waals surface area contributed by atoms with Crippen LogP contribution in [0.1, 0.15) is 5.56 Å². The number of rotatable bonds is 9. The number of halogens is 3. The van der Waals surface area contributed by atoms with Gasteiger partial charge in [-0.25, -0.2) is 8.42 Å².